The number of carbonyl (C=O) groups is 1. The van der Waals surface area contributed by atoms with Gasteiger partial charge in [0, 0.05) is 0 Å². The molecule has 1 atom stereocenters. The van der Waals surface area contributed by atoms with Crippen LogP contribution in [0.25, 0.3) is 0 Å². The second-order valence-electron chi connectivity index (χ2n) is 1.53. The number of ether oxygens (including phenoxy) is 2. The van der Waals surface area contributed by atoms with E-state index in [2.05, 4.69) is 9.47 Å². The van der Waals surface area contributed by atoms with Crippen LogP contribution in [0.3, 0.4) is 0 Å². The Kier molecular flexibility index (Phi) is 4.66. The Morgan fingerprint density at radius 1 is 1.80 bits per heavy atom. The SMILES string of the molecule is CC.O=C(O)OCC1CO1. The minimum atomic E-state index is -1.24. The Labute approximate surface area is 59.7 Å². The number of hydrogen-bond acceptors (Lipinski definition) is 3. The fourth-order valence-electron chi connectivity index (χ4n) is 0.329. The Hall–Kier alpha value is -0.770. The van der Waals surface area contributed by atoms with E-state index in [9.17, 15) is 4.79 Å². The molecular weight excluding hydrogens is 136 g/mol. The van der Waals surface area contributed by atoms with Crippen LogP contribution in [0.15, 0.2) is 0 Å². The van der Waals surface area contributed by atoms with Crippen molar-refractivity contribution in [3.05, 3.63) is 0 Å². The zero-order chi connectivity index (χ0) is 7.98. The van der Waals surface area contributed by atoms with Crippen molar-refractivity contribution in [2.24, 2.45) is 0 Å². The number of hydrogen-bond donors (Lipinski definition) is 1. The second-order valence-corrected chi connectivity index (χ2v) is 1.53. The molecule has 4 heteroatoms. The highest BCUT2D eigenvalue weighted by molar-refractivity contribution is 5.56. The smallest absolute Gasteiger partial charge is 0.450 e. The molecule has 0 saturated carbocycles. The molecule has 0 radical (unpaired) electrons. The highest BCUT2D eigenvalue weighted by atomic mass is 16.7. The topological polar surface area (TPSA) is 59.1 Å². The van der Waals surface area contributed by atoms with Crippen LogP contribution < -0.4 is 0 Å². The van der Waals surface area contributed by atoms with Crippen molar-refractivity contribution in [2.75, 3.05) is 13.2 Å². The average Bonchev–Trinajstić information content (AvgIpc) is 2.70. The van der Waals surface area contributed by atoms with Gasteiger partial charge in [-0.15, -0.1) is 0 Å². The molecule has 1 N–H and O–H groups in total. The van der Waals surface area contributed by atoms with Gasteiger partial charge in [-0.05, 0) is 0 Å². The van der Waals surface area contributed by atoms with Gasteiger partial charge in [0.25, 0.3) is 0 Å². The Balaban J connectivity index is 0.000000371. The summed E-state index contributed by atoms with van der Waals surface area (Å²) in [6.07, 6.45) is -1.20. The van der Waals surface area contributed by atoms with Crippen LogP contribution in [0, 0.1) is 0 Å². The van der Waals surface area contributed by atoms with E-state index in [0.717, 1.165) is 0 Å². The van der Waals surface area contributed by atoms with E-state index < -0.39 is 6.16 Å². The average molecular weight is 148 g/mol. The summed E-state index contributed by atoms with van der Waals surface area (Å²) in [5, 5.41) is 7.91. The van der Waals surface area contributed by atoms with Crippen LogP contribution in [-0.2, 0) is 9.47 Å². The van der Waals surface area contributed by atoms with Crippen LogP contribution in [0.5, 0.6) is 0 Å². The van der Waals surface area contributed by atoms with Gasteiger partial charge in [0.05, 0.1) is 6.61 Å². The van der Waals surface area contributed by atoms with Gasteiger partial charge in [0.2, 0.25) is 0 Å². The van der Waals surface area contributed by atoms with Gasteiger partial charge in [0.15, 0.2) is 0 Å². The van der Waals surface area contributed by atoms with Gasteiger partial charge < -0.3 is 14.6 Å². The maximum atomic E-state index is 9.65. The van der Waals surface area contributed by atoms with E-state index in [1.54, 1.807) is 0 Å². The first-order valence-electron chi connectivity index (χ1n) is 3.26. The van der Waals surface area contributed by atoms with Crippen LogP contribution in [-0.4, -0.2) is 30.6 Å². The Morgan fingerprint density at radius 3 is 2.60 bits per heavy atom. The van der Waals surface area contributed by atoms with Crippen molar-refractivity contribution in [2.45, 2.75) is 20.0 Å². The van der Waals surface area contributed by atoms with E-state index in [0.29, 0.717) is 6.61 Å². The molecule has 1 unspecified atom stereocenters. The molecule has 1 rings (SSSR count). The molecule has 0 aromatic heterocycles. The summed E-state index contributed by atoms with van der Waals surface area (Å²) in [5.41, 5.74) is 0. The molecule has 0 bridgehead atoms. The van der Waals surface area contributed by atoms with E-state index in [-0.39, 0.29) is 12.7 Å². The predicted molar refractivity (Wildman–Crippen MR) is 35.1 cm³/mol. The molecule has 10 heavy (non-hydrogen) atoms. The lowest BCUT2D eigenvalue weighted by atomic mass is 10.5. The van der Waals surface area contributed by atoms with Crippen molar-refractivity contribution >= 4 is 6.16 Å². The van der Waals surface area contributed by atoms with Crippen molar-refractivity contribution < 1.29 is 19.4 Å². The molecular formula is C6H12O4. The standard InChI is InChI=1S/C4H6O4.C2H6/c5-4(6)8-2-3-1-7-3;1-2/h3H,1-2H2,(H,5,6);1-2H3. The molecule has 0 aromatic carbocycles. The lowest BCUT2D eigenvalue weighted by Crippen LogP contribution is -2.06. The maximum Gasteiger partial charge on any atom is 0.505 e. The first kappa shape index (κ1) is 9.23. The molecule has 0 amide bonds. The zero-order valence-corrected chi connectivity index (χ0v) is 6.16. The molecule has 0 aromatic rings. The van der Waals surface area contributed by atoms with Crippen molar-refractivity contribution in [3.63, 3.8) is 0 Å². The highest BCUT2D eigenvalue weighted by Crippen LogP contribution is 2.07. The zero-order valence-electron chi connectivity index (χ0n) is 6.16. The summed E-state index contributed by atoms with van der Waals surface area (Å²) in [4.78, 5) is 9.65. The van der Waals surface area contributed by atoms with E-state index in [4.69, 9.17) is 5.11 Å². The lowest BCUT2D eigenvalue weighted by molar-refractivity contribution is 0.0848. The molecule has 1 heterocycles. The van der Waals surface area contributed by atoms with E-state index in [1.165, 1.54) is 0 Å². The van der Waals surface area contributed by atoms with Crippen LogP contribution >= 0.6 is 0 Å². The Morgan fingerprint density at radius 2 is 2.30 bits per heavy atom. The molecule has 1 saturated heterocycles. The summed E-state index contributed by atoms with van der Waals surface area (Å²) in [5.74, 6) is 0. The number of rotatable bonds is 2. The summed E-state index contributed by atoms with van der Waals surface area (Å²) < 4.78 is 8.83. The van der Waals surface area contributed by atoms with Gasteiger partial charge in [-0.1, -0.05) is 13.8 Å². The lowest BCUT2D eigenvalue weighted by Gasteiger charge is -1.91. The fourth-order valence-corrected chi connectivity index (χ4v) is 0.329. The number of carboxylic acid groups (broad SMARTS) is 1. The predicted octanol–water partition coefficient (Wildman–Crippen LogP) is 1.11. The fraction of sp³-hybridized carbons (Fsp3) is 0.833. The minimum Gasteiger partial charge on any atom is -0.450 e. The van der Waals surface area contributed by atoms with Gasteiger partial charge in [-0.25, -0.2) is 4.79 Å². The molecule has 0 spiro atoms. The quantitative estimate of drug-likeness (QED) is 0.470. The van der Waals surface area contributed by atoms with Crippen LogP contribution in [0.2, 0.25) is 0 Å². The first-order chi connectivity index (χ1) is 4.79. The van der Waals surface area contributed by atoms with Gasteiger partial charge in [-0.2, -0.15) is 0 Å². The summed E-state index contributed by atoms with van der Waals surface area (Å²) in [6.45, 7) is 4.81. The molecule has 1 aliphatic heterocycles. The maximum absolute atomic E-state index is 9.65. The molecule has 0 aliphatic carbocycles. The summed E-state index contributed by atoms with van der Waals surface area (Å²) in [6, 6.07) is 0. The molecule has 60 valence electrons. The monoisotopic (exact) mass is 148 g/mol. The normalized spacial score (nSPS) is 20.4. The molecule has 1 fully saturated rings. The Bertz CT molecular complexity index is 97.9. The van der Waals surface area contributed by atoms with E-state index in [1.807, 2.05) is 13.8 Å². The third-order valence-corrected chi connectivity index (χ3v) is 0.795. The van der Waals surface area contributed by atoms with Crippen molar-refractivity contribution in [3.8, 4) is 0 Å². The van der Waals surface area contributed by atoms with Crippen molar-refractivity contribution in [1.29, 1.82) is 0 Å². The van der Waals surface area contributed by atoms with Gasteiger partial charge >= 0.3 is 6.16 Å². The summed E-state index contributed by atoms with van der Waals surface area (Å²) in [7, 11) is 0. The minimum absolute atomic E-state index is 0.0334. The van der Waals surface area contributed by atoms with Gasteiger partial charge in [-0.3, -0.25) is 0 Å². The van der Waals surface area contributed by atoms with Crippen LogP contribution in [0.1, 0.15) is 13.8 Å². The first-order valence-corrected chi connectivity index (χ1v) is 3.26. The molecule has 4 nitrogen and oxygen atoms in total. The largest absolute Gasteiger partial charge is 0.505 e. The van der Waals surface area contributed by atoms with Gasteiger partial charge in [0.1, 0.15) is 12.7 Å². The van der Waals surface area contributed by atoms with E-state index >= 15 is 0 Å². The van der Waals surface area contributed by atoms with Crippen molar-refractivity contribution in [1.82, 2.24) is 0 Å². The second kappa shape index (κ2) is 5.05. The molecule has 1 aliphatic rings. The third-order valence-electron chi connectivity index (χ3n) is 0.795. The van der Waals surface area contributed by atoms with Crippen LogP contribution in [0.4, 0.5) is 4.79 Å². The highest BCUT2D eigenvalue weighted by Gasteiger charge is 2.23. The third kappa shape index (κ3) is 5.37. The number of epoxide rings is 1. The summed E-state index contributed by atoms with van der Waals surface area (Å²) >= 11 is 0.